The van der Waals surface area contributed by atoms with Crippen molar-refractivity contribution < 1.29 is 9.53 Å². The third-order valence-corrected chi connectivity index (χ3v) is 4.58. The minimum absolute atomic E-state index is 0.0873. The summed E-state index contributed by atoms with van der Waals surface area (Å²) in [5.41, 5.74) is 2.17. The monoisotopic (exact) mass is 340 g/mol. The molecule has 132 valence electrons. The number of ether oxygens (including phenoxy) is 1. The van der Waals surface area contributed by atoms with Crippen LogP contribution in [0.1, 0.15) is 47.8 Å². The molecule has 1 amide bonds. The van der Waals surface area contributed by atoms with E-state index in [1.807, 2.05) is 32.0 Å². The minimum atomic E-state index is -0.316. The lowest BCUT2D eigenvalue weighted by molar-refractivity contribution is 0.0934. The second-order valence-corrected chi connectivity index (χ2v) is 6.87. The molecule has 0 aliphatic heterocycles. The zero-order chi connectivity index (χ0) is 18.0. The predicted octanol–water partition coefficient (Wildman–Crippen LogP) is 2.93. The number of methoxy groups -OCH3 is 1. The number of carbonyl (C=O) groups is 1. The average molecular weight is 340 g/mol. The van der Waals surface area contributed by atoms with Crippen LogP contribution in [0, 0.1) is 5.92 Å². The number of fused-ring (bicyclic) bond motifs is 1. The molecule has 25 heavy (non-hydrogen) atoms. The number of nitrogens with one attached hydrogen (secondary N) is 1. The van der Waals surface area contributed by atoms with E-state index in [1.54, 1.807) is 30.0 Å². The van der Waals surface area contributed by atoms with E-state index in [1.165, 1.54) is 0 Å². The fraction of sp³-hybridized carbons (Fsp3) is 0.400. The number of aromatic nitrogens is 1. The van der Waals surface area contributed by atoms with E-state index >= 15 is 0 Å². The Kier molecular flexibility index (Phi) is 4.93. The lowest BCUT2D eigenvalue weighted by Gasteiger charge is -2.15. The molecule has 1 aromatic carbocycles. The van der Waals surface area contributed by atoms with Crippen LogP contribution < -0.4 is 15.6 Å². The summed E-state index contributed by atoms with van der Waals surface area (Å²) in [5, 5.41) is 3.02. The smallest absolute Gasteiger partial charge is 0.263 e. The Morgan fingerprint density at radius 3 is 2.84 bits per heavy atom. The number of hydrogen-bond donors (Lipinski definition) is 1. The first kappa shape index (κ1) is 17.3. The van der Waals surface area contributed by atoms with Gasteiger partial charge in [-0.05, 0) is 48.1 Å². The van der Waals surface area contributed by atoms with Crippen molar-refractivity contribution in [3.63, 3.8) is 0 Å². The maximum Gasteiger partial charge on any atom is 0.263 e. The molecule has 1 aromatic heterocycles. The molecule has 0 fully saturated rings. The Balaban J connectivity index is 1.83. The normalized spacial score (nSPS) is 15.9. The third kappa shape index (κ3) is 3.45. The Morgan fingerprint density at radius 2 is 2.12 bits per heavy atom. The molecule has 1 aliphatic carbocycles. The summed E-state index contributed by atoms with van der Waals surface area (Å²) in [5.74, 6) is 0.877. The average Bonchev–Trinajstić information content (AvgIpc) is 2.99. The van der Waals surface area contributed by atoms with Crippen LogP contribution in [0.5, 0.6) is 5.75 Å². The van der Waals surface area contributed by atoms with Gasteiger partial charge in [0, 0.05) is 12.7 Å². The molecule has 0 bridgehead atoms. The maximum absolute atomic E-state index is 12.7. The summed E-state index contributed by atoms with van der Waals surface area (Å²) in [7, 11) is 1.66. The van der Waals surface area contributed by atoms with Crippen molar-refractivity contribution in [1.29, 1.82) is 0 Å². The highest BCUT2D eigenvalue weighted by atomic mass is 16.5. The van der Waals surface area contributed by atoms with Crippen LogP contribution in [-0.2, 0) is 13.0 Å². The summed E-state index contributed by atoms with van der Waals surface area (Å²) < 4.78 is 7.00. The summed E-state index contributed by atoms with van der Waals surface area (Å²) >= 11 is 0. The van der Waals surface area contributed by atoms with Crippen molar-refractivity contribution >= 4 is 5.91 Å². The zero-order valence-electron chi connectivity index (χ0n) is 14.9. The molecule has 0 radical (unpaired) electrons. The molecule has 1 N–H and O–H groups in total. The Morgan fingerprint density at radius 1 is 1.32 bits per heavy atom. The van der Waals surface area contributed by atoms with Gasteiger partial charge >= 0.3 is 0 Å². The van der Waals surface area contributed by atoms with Crippen LogP contribution in [0.2, 0.25) is 0 Å². The standard InChI is InChI=1S/C20H24N2O3/c1-13(2)12-22-11-5-7-16(20(22)24)19(23)21-17-10-9-15-14(17)6-4-8-18(15)25-3/h4-8,11,13,17H,9-10,12H2,1-3H3,(H,21,23). The number of benzene rings is 1. The van der Waals surface area contributed by atoms with Crippen LogP contribution in [0.3, 0.4) is 0 Å². The summed E-state index contributed by atoms with van der Waals surface area (Å²) in [4.78, 5) is 25.2. The van der Waals surface area contributed by atoms with Crippen molar-refractivity contribution in [3.8, 4) is 5.75 Å². The molecule has 0 saturated heterocycles. The van der Waals surface area contributed by atoms with Crippen molar-refractivity contribution in [1.82, 2.24) is 9.88 Å². The zero-order valence-corrected chi connectivity index (χ0v) is 14.9. The fourth-order valence-corrected chi connectivity index (χ4v) is 3.44. The first-order valence-corrected chi connectivity index (χ1v) is 8.67. The van der Waals surface area contributed by atoms with Gasteiger partial charge in [0.15, 0.2) is 0 Å². The number of carbonyl (C=O) groups excluding carboxylic acids is 1. The molecule has 2 aromatic rings. The van der Waals surface area contributed by atoms with Crippen molar-refractivity contribution in [2.75, 3.05) is 7.11 Å². The van der Waals surface area contributed by atoms with E-state index in [2.05, 4.69) is 5.32 Å². The van der Waals surface area contributed by atoms with E-state index in [4.69, 9.17) is 4.74 Å². The highest BCUT2D eigenvalue weighted by Gasteiger charge is 2.27. The largest absolute Gasteiger partial charge is 0.496 e. The van der Waals surface area contributed by atoms with Crippen LogP contribution in [-0.4, -0.2) is 17.6 Å². The van der Waals surface area contributed by atoms with Gasteiger partial charge in [-0.25, -0.2) is 0 Å². The third-order valence-electron chi connectivity index (χ3n) is 4.58. The van der Waals surface area contributed by atoms with Gasteiger partial charge in [-0.3, -0.25) is 9.59 Å². The summed E-state index contributed by atoms with van der Waals surface area (Å²) in [6, 6.07) is 9.14. The van der Waals surface area contributed by atoms with E-state index < -0.39 is 0 Å². The first-order valence-electron chi connectivity index (χ1n) is 8.67. The van der Waals surface area contributed by atoms with Gasteiger partial charge in [0.05, 0.1) is 13.2 Å². The predicted molar refractivity (Wildman–Crippen MR) is 97.1 cm³/mol. The summed E-state index contributed by atoms with van der Waals surface area (Å²) in [6.07, 6.45) is 3.40. The van der Waals surface area contributed by atoms with Gasteiger partial charge in [0.2, 0.25) is 0 Å². The summed E-state index contributed by atoms with van der Waals surface area (Å²) in [6.45, 7) is 4.69. The molecule has 5 nitrogen and oxygen atoms in total. The Hall–Kier alpha value is -2.56. The van der Waals surface area contributed by atoms with Crippen molar-refractivity contribution in [2.24, 2.45) is 5.92 Å². The minimum Gasteiger partial charge on any atom is -0.496 e. The van der Waals surface area contributed by atoms with Crippen molar-refractivity contribution in [3.05, 3.63) is 63.6 Å². The van der Waals surface area contributed by atoms with Gasteiger partial charge < -0.3 is 14.6 Å². The van der Waals surface area contributed by atoms with Crippen molar-refractivity contribution in [2.45, 2.75) is 39.3 Å². The number of amides is 1. The SMILES string of the molecule is COc1cccc2c1CCC2NC(=O)c1cccn(CC(C)C)c1=O. The Labute approximate surface area is 147 Å². The molecule has 1 heterocycles. The Bertz CT molecular complexity index is 839. The molecular formula is C20H24N2O3. The first-order chi connectivity index (χ1) is 12.0. The van der Waals surface area contributed by atoms with Gasteiger partial charge in [0.1, 0.15) is 11.3 Å². The second-order valence-electron chi connectivity index (χ2n) is 6.87. The van der Waals surface area contributed by atoms with Crippen LogP contribution in [0.15, 0.2) is 41.3 Å². The number of hydrogen-bond acceptors (Lipinski definition) is 3. The number of rotatable bonds is 5. The lowest BCUT2D eigenvalue weighted by Crippen LogP contribution is -2.34. The molecule has 0 spiro atoms. The molecule has 0 saturated carbocycles. The van der Waals surface area contributed by atoms with Crippen LogP contribution in [0.25, 0.3) is 0 Å². The van der Waals surface area contributed by atoms with Gasteiger partial charge in [-0.2, -0.15) is 0 Å². The van der Waals surface area contributed by atoms with E-state index in [0.717, 1.165) is 29.7 Å². The second kappa shape index (κ2) is 7.13. The molecule has 3 rings (SSSR count). The molecule has 1 atom stereocenters. The van der Waals surface area contributed by atoms with E-state index in [9.17, 15) is 9.59 Å². The van der Waals surface area contributed by atoms with Crippen LogP contribution in [0.4, 0.5) is 0 Å². The fourth-order valence-electron chi connectivity index (χ4n) is 3.44. The van der Waals surface area contributed by atoms with Gasteiger partial charge in [-0.15, -0.1) is 0 Å². The lowest BCUT2D eigenvalue weighted by atomic mass is 10.1. The molecule has 1 unspecified atom stereocenters. The molecular weight excluding hydrogens is 316 g/mol. The van der Waals surface area contributed by atoms with E-state index in [0.29, 0.717) is 12.5 Å². The molecule has 1 aliphatic rings. The highest BCUT2D eigenvalue weighted by Crippen LogP contribution is 2.36. The van der Waals surface area contributed by atoms with E-state index in [-0.39, 0.29) is 23.1 Å². The quantitative estimate of drug-likeness (QED) is 0.910. The number of nitrogens with zero attached hydrogens (tertiary/aromatic N) is 1. The highest BCUT2D eigenvalue weighted by molar-refractivity contribution is 5.94. The van der Waals surface area contributed by atoms with Gasteiger partial charge in [0.25, 0.3) is 11.5 Å². The molecule has 5 heteroatoms. The van der Waals surface area contributed by atoms with Crippen LogP contribution >= 0.6 is 0 Å². The van der Waals surface area contributed by atoms with Gasteiger partial charge in [-0.1, -0.05) is 26.0 Å². The maximum atomic E-state index is 12.7. The number of pyridine rings is 1. The topological polar surface area (TPSA) is 60.3 Å².